The summed E-state index contributed by atoms with van der Waals surface area (Å²) in [6, 6.07) is 25.2. The van der Waals surface area contributed by atoms with E-state index in [1.165, 1.54) is 11.8 Å². The number of aromatic nitrogens is 5. The van der Waals surface area contributed by atoms with Crippen molar-refractivity contribution in [2.24, 2.45) is 0 Å². The molecule has 3 aromatic heterocycles. The third-order valence-electron chi connectivity index (χ3n) is 5.03. The fourth-order valence-electron chi connectivity index (χ4n) is 3.40. The molecule has 35 heavy (non-hydrogen) atoms. The molecule has 0 bridgehead atoms. The summed E-state index contributed by atoms with van der Waals surface area (Å²) in [5.74, 6) is 2.72. The summed E-state index contributed by atoms with van der Waals surface area (Å²) in [5.41, 5.74) is 2.60. The number of furan rings is 1. The Labute approximate surface area is 206 Å². The van der Waals surface area contributed by atoms with E-state index >= 15 is 0 Å². The fraction of sp³-hybridized carbons (Fsp3) is 0.0769. The predicted octanol–water partition coefficient (Wildman–Crippen LogP) is 5.46. The molecule has 0 aliphatic carbocycles. The van der Waals surface area contributed by atoms with Gasteiger partial charge in [0, 0.05) is 11.6 Å². The highest BCUT2D eigenvalue weighted by molar-refractivity contribution is 7.99. The van der Waals surface area contributed by atoms with Gasteiger partial charge in [0.25, 0.3) is 0 Å². The van der Waals surface area contributed by atoms with Crippen LogP contribution in [-0.2, 0) is 4.79 Å². The van der Waals surface area contributed by atoms with Crippen LogP contribution < -0.4 is 5.32 Å². The number of aromatic amines is 1. The van der Waals surface area contributed by atoms with Gasteiger partial charge in [-0.1, -0.05) is 60.3 Å². The van der Waals surface area contributed by atoms with E-state index in [-0.39, 0.29) is 11.7 Å². The van der Waals surface area contributed by atoms with Crippen molar-refractivity contribution in [3.63, 3.8) is 0 Å². The van der Waals surface area contributed by atoms with Crippen LogP contribution in [0.15, 0.2) is 88.4 Å². The first-order valence-corrected chi connectivity index (χ1v) is 11.9. The minimum absolute atomic E-state index is 0.152. The Morgan fingerprint density at radius 1 is 1.06 bits per heavy atom. The highest BCUT2D eigenvalue weighted by Gasteiger charge is 2.14. The number of rotatable bonds is 8. The molecule has 0 atom stereocenters. The highest BCUT2D eigenvalue weighted by atomic mass is 32.2. The first-order valence-electron chi connectivity index (χ1n) is 10.9. The number of hydrogen-bond donors (Lipinski definition) is 2. The zero-order chi connectivity index (χ0) is 24.0. The van der Waals surface area contributed by atoms with E-state index < -0.39 is 0 Å². The van der Waals surface area contributed by atoms with Gasteiger partial charge in [0.15, 0.2) is 0 Å². The summed E-state index contributed by atoms with van der Waals surface area (Å²) < 4.78 is 7.24. The predicted molar refractivity (Wildman–Crippen MR) is 137 cm³/mol. The van der Waals surface area contributed by atoms with Crippen LogP contribution in [0.2, 0.25) is 0 Å². The van der Waals surface area contributed by atoms with Gasteiger partial charge in [0.05, 0.1) is 17.1 Å². The van der Waals surface area contributed by atoms with Gasteiger partial charge in [-0.15, -0.1) is 5.10 Å². The molecule has 0 saturated heterocycles. The molecule has 1 amide bonds. The molecule has 0 aliphatic heterocycles. The van der Waals surface area contributed by atoms with Crippen LogP contribution in [0.4, 0.5) is 5.82 Å². The normalized spacial score (nSPS) is 11.2. The third kappa shape index (κ3) is 5.59. The SMILES string of the molecule is Cc1ccc(/C=C/c2nc(SCC(=O)Nc3cc(-c4ccccc4)nn3-c3ccccc3)n[nH]2)o1. The van der Waals surface area contributed by atoms with Gasteiger partial charge in [0.1, 0.15) is 23.2 Å². The van der Waals surface area contributed by atoms with Crippen molar-refractivity contribution < 1.29 is 9.21 Å². The number of para-hydroxylation sites is 1. The number of benzene rings is 2. The van der Waals surface area contributed by atoms with E-state index in [4.69, 9.17) is 9.52 Å². The van der Waals surface area contributed by atoms with Crippen LogP contribution in [-0.4, -0.2) is 36.6 Å². The first kappa shape index (κ1) is 22.4. The Bertz CT molecular complexity index is 1450. The second-order valence-corrected chi connectivity index (χ2v) is 8.59. The van der Waals surface area contributed by atoms with E-state index in [9.17, 15) is 4.79 Å². The maximum atomic E-state index is 12.8. The van der Waals surface area contributed by atoms with Crippen LogP contribution in [0, 0.1) is 6.92 Å². The zero-order valence-electron chi connectivity index (χ0n) is 18.9. The molecule has 0 saturated carbocycles. The molecule has 8 nitrogen and oxygen atoms in total. The van der Waals surface area contributed by atoms with E-state index in [2.05, 4.69) is 20.5 Å². The van der Waals surface area contributed by atoms with Crippen LogP contribution in [0.5, 0.6) is 0 Å². The van der Waals surface area contributed by atoms with E-state index in [0.717, 1.165) is 28.5 Å². The number of nitrogens with zero attached hydrogens (tertiary/aromatic N) is 4. The van der Waals surface area contributed by atoms with Crippen LogP contribution in [0.1, 0.15) is 17.3 Å². The highest BCUT2D eigenvalue weighted by Crippen LogP contribution is 2.25. The summed E-state index contributed by atoms with van der Waals surface area (Å²) in [6.07, 6.45) is 3.59. The minimum Gasteiger partial charge on any atom is -0.462 e. The van der Waals surface area contributed by atoms with Crippen LogP contribution >= 0.6 is 11.8 Å². The van der Waals surface area contributed by atoms with E-state index in [1.54, 1.807) is 10.8 Å². The number of hydrogen-bond acceptors (Lipinski definition) is 6. The lowest BCUT2D eigenvalue weighted by atomic mass is 10.2. The molecule has 5 rings (SSSR count). The number of anilines is 1. The standard InChI is InChI=1S/C26H22N6O2S/c1-18-12-13-21(34-18)14-15-23-27-26(30-29-23)35-17-25(33)28-24-16-22(19-8-4-2-5-9-19)31-32(24)20-10-6-3-7-11-20/h2-16H,17H2,1H3,(H,28,33)(H,27,29,30)/b15-14+. The van der Waals surface area contributed by atoms with Gasteiger partial charge in [0.2, 0.25) is 11.1 Å². The summed E-state index contributed by atoms with van der Waals surface area (Å²) in [6.45, 7) is 1.89. The van der Waals surface area contributed by atoms with Gasteiger partial charge in [-0.25, -0.2) is 9.67 Å². The Morgan fingerprint density at radius 3 is 2.57 bits per heavy atom. The quantitative estimate of drug-likeness (QED) is 0.285. The zero-order valence-corrected chi connectivity index (χ0v) is 19.7. The summed E-state index contributed by atoms with van der Waals surface area (Å²) in [4.78, 5) is 17.2. The van der Waals surface area contributed by atoms with Crippen LogP contribution in [0.25, 0.3) is 29.1 Å². The Balaban J connectivity index is 1.26. The lowest BCUT2D eigenvalue weighted by molar-refractivity contribution is -0.113. The second kappa shape index (κ2) is 10.3. The topological polar surface area (TPSA) is 102 Å². The molecule has 0 unspecified atom stereocenters. The van der Waals surface area contributed by atoms with Crippen molar-refractivity contribution in [2.75, 3.05) is 11.1 Å². The van der Waals surface area contributed by atoms with Gasteiger partial charge in [-0.2, -0.15) is 5.10 Å². The van der Waals surface area contributed by atoms with Gasteiger partial charge >= 0.3 is 0 Å². The number of nitrogens with one attached hydrogen (secondary N) is 2. The molecular weight excluding hydrogens is 460 g/mol. The smallest absolute Gasteiger partial charge is 0.236 e. The molecule has 5 aromatic rings. The number of thioether (sulfide) groups is 1. The largest absolute Gasteiger partial charge is 0.462 e. The van der Waals surface area contributed by atoms with Crippen molar-refractivity contribution in [1.82, 2.24) is 25.0 Å². The van der Waals surface area contributed by atoms with Gasteiger partial charge in [-0.05, 0) is 43.3 Å². The maximum Gasteiger partial charge on any atom is 0.236 e. The van der Waals surface area contributed by atoms with Gasteiger partial charge < -0.3 is 9.73 Å². The molecular formula is C26H22N6O2S. The van der Waals surface area contributed by atoms with Crippen molar-refractivity contribution in [2.45, 2.75) is 12.1 Å². The number of H-pyrrole nitrogens is 1. The molecule has 0 aliphatic rings. The monoisotopic (exact) mass is 482 g/mol. The molecule has 0 spiro atoms. The van der Waals surface area contributed by atoms with Crippen molar-refractivity contribution in [1.29, 1.82) is 0 Å². The summed E-state index contributed by atoms with van der Waals surface area (Å²) in [7, 11) is 0. The fourth-order valence-corrected chi connectivity index (χ4v) is 4.00. The molecule has 9 heteroatoms. The first-order chi connectivity index (χ1) is 17.1. The molecule has 2 N–H and O–H groups in total. The maximum absolute atomic E-state index is 12.8. The molecule has 2 aromatic carbocycles. The van der Waals surface area contributed by atoms with Crippen molar-refractivity contribution >= 4 is 35.6 Å². The van der Waals surface area contributed by atoms with E-state index in [0.29, 0.717) is 16.8 Å². The lowest BCUT2D eigenvalue weighted by Crippen LogP contribution is -2.17. The number of aryl methyl sites for hydroxylation is 1. The Kier molecular flexibility index (Phi) is 6.58. The van der Waals surface area contributed by atoms with Crippen molar-refractivity contribution in [3.8, 4) is 16.9 Å². The Hall–Kier alpha value is -4.37. The van der Waals surface area contributed by atoms with Crippen molar-refractivity contribution in [3.05, 3.63) is 96.2 Å². The number of carbonyl (C=O) groups is 1. The summed E-state index contributed by atoms with van der Waals surface area (Å²) in [5, 5.41) is 15.2. The average Bonchev–Trinajstić information content (AvgIpc) is 3.63. The third-order valence-corrected chi connectivity index (χ3v) is 5.88. The van der Waals surface area contributed by atoms with Gasteiger partial charge in [-0.3, -0.25) is 9.89 Å². The Morgan fingerprint density at radius 2 is 1.83 bits per heavy atom. The second-order valence-electron chi connectivity index (χ2n) is 7.65. The van der Waals surface area contributed by atoms with E-state index in [1.807, 2.05) is 91.9 Å². The minimum atomic E-state index is -0.181. The molecule has 0 fully saturated rings. The molecule has 174 valence electrons. The molecule has 3 heterocycles. The number of amides is 1. The van der Waals surface area contributed by atoms with Crippen LogP contribution in [0.3, 0.4) is 0 Å². The average molecular weight is 483 g/mol. The lowest BCUT2D eigenvalue weighted by Gasteiger charge is -2.08. The number of carbonyl (C=O) groups excluding carboxylic acids is 1. The summed E-state index contributed by atoms with van der Waals surface area (Å²) >= 11 is 1.25. The molecule has 0 radical (unpaired) electrons.